The standard InChI is InChI=1S/C14H25N5O/c1-4-11-12(15)13(18(3)17-11)14(20)16-9-10-7-6-8-19(10)5-2/h10H,4-9,15H2,1-3H3,(H,16,20). The fraction of sp³-hybridized carbons (Fsp3) is 0.714. The van der Waals surface area contributed by atoms with E-state index in [4.69, 9.17) is 5.73 Å². The van der Waals surface area contributed by atoms with Gasteiger partial charge in [0.05, 0.1) is 11.4 Å². The summed E-state index contributed by atoms with van der Waals surface area (Å²) >= 11 is 0. The summed E-state index contributed by atoms with van der Waals surface area (Å²) in [5.41, 5.74) is 7.76. The first-order valence-corrected chi connectivity index (χ1v) is 7.42. The first-order valence-electron chi connectivity index (χ1n) is 7.42. The van der Waals surface area contributed by atoms with Crippen molar-refractivity contribution in [3.05, 3.63) is 11.4 Å². The van der Waals surface area contributed by atoms with Crippen molar-refractivity contribution in [2.45, 2.75) is 39.2 Å². The van der Waals surface area contributed by atoms with Crippen LogP contribution in [0.1, 0.15) is 42.9 Å². The van der Waals surface area contributed by atoms with Gasteiger partial charge in [0.25, 0.3) is 5.91 Å². The summed E-state index contributed by atoms with van der Waals surface area (Å²) < 4.78 is 1.58. The summed E-state index contributed by atoms with van der Waals surface area (Å²) in [6.07, 6.45) is 3.09. The number of nitrogens with one attached hydrogen (secondary N) is 1. The topological polar surface area (TPSA) is 76.2 Å². The molecule has 1 amide bonds. The third-order valence-corrected chi connectivity index (χ3v) is 4.11. The molecule has 6 nitrogen and oxygen atoms in total. The highest BCUT2D eigenvalue weighted by Gasteiger charge is 2.25. The zero-order valence-electron chi connectivity index (χ0n) is 12.6. The van der Waals surface area contributed by atoms with Gasteiger partial charge in [-0.1, -0.05) is 13.8 Å². The number of rotatable bonds is 5. The van der Waals surface area contributed by atoms with E-state index in [1.165, 1.54) is 6.42 Å². The van der Waals surface area contributed by atoms with Gasteiger partial charge in [0.1, 0.15) is 5.69 Å². The normalized spacial score (nSPS) is 19.4. The number of likely N-dealkylation sites (N-methyl/N-ethyl adjacent to an activating group) is 1. The molecule has 6 heteroatoms. The summed E-state index contributed by atoms with van der Waals surface area (Å²) in [5, 5.41) is 7.28. The second-order valence-electron chi connectivity index (χ2n) is 5.32. The number of amides is 1. The van der Waals surface area contributed by atoms with Gasteiger partial charge in [-0.3, -0.25) is 14.4 Å². The highest BCUT2D eigenvalue weighted by atomic mass is 16.2. The maximum atomic E-state index is 12.3. The maximum Gasteiger partial charge on any atom is 0.271 e. The number of carbonyl (C=O) groups excluding carboxylic acids is 1. The number of aromatic nitrogens is 2. The minimum atomic E-state index is -0.125. The molecule has 1 unspecified atom stereocenters. The number of nitrogens with two attached hydrogens (primary N) is 1. The zero-order valence-corrected chi connectivity index (χ0v) is 12.6. The Morgan fingerprint density at radius 3 is 2.85 bits per heavy atom. The van der Waals surface area contributed by atoms with Crippen LogP contribution in [0.5, 0.6) is 0 Å². The third kappa shape index (κ3) is 2.80. The lowest BCUT2D eigenvalue weighted by Gasteiger charge is -2.22. The Hall–Kier alpha value is -1.56. The van der Waals surface area contributed by atoms with E-state index >= 15 is 0 Å². The molecule has 1 atom stereocenters. The van der Waals surface area contributed by atoms with E-state index in [-0.39, 0.29) is 5.91 Å². The molecular weight excluding hydrogens is 254 g/mol. The number of hydrogen-bond donors (Lipinski definition) is 2. The number of hydrogen-bond acceptors (Lipinski definition) is 4. The first kappa shape index (κ1) is 14.8. The van der Waals surface area contributed by atoms with Gasteiger partial charge in [-0.05, 0) is 32.4 Å². The van der Waals surface area contributed by atoms with Crippen molar-refractivity contribution < 1.29 is 4.79 Å². The molecule has 3 N–H and O–H groups in total. The highest BCUT2D eigenvalue weighted by molar-refractivity contribution is 5.98. The Morgan fingerprint density at radius 1 is 1.50 bits per heavy atom. The van der Waals surface area contributed by atoms with E-state index in [9.17, 15) is 4.79 Å². The molecule has 1 aliphatic heterocycles. The number of anilines is 1. The number of nitrogen functional groups attached to an aromatic ring is 1. The molecule has 0 saturated carbocycles. The van der Waals surface area contributed by atoms with Crippen LogP contribution in [0, 0.1) is 0 Å². The predicted octanol–water partition coefficient (Wildman–Crippen LogP) is 0.779. The fourth-order valence-electron chi connectivity index (χ4n) is 2.96. The lowest BCUT2D eigenvalue weighted by Crippen LogP contribution is -2.40. The quantitative estimate of drug-likeness (QED) is 0.835. The van der Waals surface area contributed by atoms with Gasteiger partial charge in [0.2, 0.25) is 0 Å². The molecule has 1 aliphatic rings. The van der Waals surface area contributed by atoms with Crippen LogP contribution in [0.4, 0.5) is 5.69 Å². The van der Waals surface area contributed by atoms with Gasteiger partial charge in [-0.2, -0.15) is 5.10 Å². The Morgan fingerprint density at radius 2 is 2.25 bits per heavy atom. The molecule has 2 rings (SSSR count). The molecule has 0 spiro atoms. The summed E-state index contributed by atoms with van der Waals surface area (Å²) in [6, 6.07) is 0.448. The highest BCUT2D eigenvalue weighted by Crippen LogP contribution is 2.18. The van der Waals surface area contributed by atoms with E-state index in [0.29, 0.717) is 24.0 Å². The van der Waals surface area contributed by atoms with Crippen LogP contribution in [0.25, 0.3) is 0 Å². The third-order valence-electron chi connectivity index (χ3n) is 4.11. The minimum Gasteiger partial charge on any atom is -0.395 e. The van der Waals surface area contributed by atoms with E-state index in [1.54, 1.807) is 11.7 Å². The molecule has 1 saturated heterocycles. The van der Waals surface area contributed by atoms with E-state index in [2.05, 4.69) is 22.2 Å². The van der Waals surface area contributed by atoms with E-state index in [1.807, 2.05) is 6.92 Å². The predicted molar refractivity (Wildman–Crippen MR) is 79.6 cm³/mol. The van der Waals surface area contributed by atoms with Gasteiger partial charge in [0.15, 0.2) is 0 Å². The molecule has 20 heavy (non-hydrogen) atoms. The largest absolute Gasteiger partial charge is 0.395 e. The van der Waals surface area contributed by atoms with Gasteiger partial charge >= 0.3 is 0 Å². The van der Waals surface area contributed by atoms with Gasteiger partial charge < -0.3 is 11.1 Å². The van der Waals surface area contributed by atoms with Crippen molar-refractivity contribution in [2.75, 3.05) is 25.4 Å². The minimum absolute atomic E-state index is 0.125. The van der Waals surface area contributed by atoms with Gasteiger partial charge in [0, 0.05) is 19.6 Å². The summed E-state index contributed by atoms with van der Waals surface area (Å²) in [6.45, 7) is 6.99. The van der Waals surface area contributed by atoms with Crippen LogP contribution in [0.3, 0.4) is 0 Å². The molecule has 1 aromatic rings. The molecule has 1 fully saturated rings. The van der Waals surface area contributed by atoms with Crippen molar-refractivity contribution in [3.63, 3.8) is 0 Å². The van der Waals surface area contributed by atoms with Crippen LogP contribution >= 0.6 is 0 Å². The van der Waals surface area contributed by atoms with Crippen LogP contribution in [-0.2, 0) is 13.5 Å². The first-order chi connectivity index (χ1) is 9.58. The van der Waals surface area contributed by atoms with Crippen LogP contribution in [-0.4, -0.2) is 46.3 Å². The Balaban J connectivity index is 2.00. The Kier molecular flexibility index (Phi) is 4.65. The number of aryl methyl sites for hydroxylation is 2. The smallest absolute Gasteiger partial charge is 0.271 e. The maximum absolute atomic E-state index is 12.3. The molecule has 2 heterocycles. The summed E-state index contributed by atoms with van der Waals surface area (Å²) in [7, 11) is 1.76. The number of carbonyl (C=O) groups is 1. The van der Waals surface area contributed by atoms with Gasteiger partial charge in [-0.15, -0.1) is 0 Å². The average Bonchev–Trinajstić information content (AvgIpc) is 3.00. The molecule has 0 bridgehead atoms. The second kappa shape index (κ2) is 6.26. The number of likely N-dealkylation sites (tertiary alicyclic amines) is 1. The van der Waals surface area contributed by atoms with Crippen molar-refractivity contribution in [1.29, 1.82) is 0 Å². The summed E-state index contributed by atoms with van der Waals surface area (Å²) in [4.78, 5) is 14.7. The number of nitrogens with zero attached hydrogens (tertiary/aromatic N) is 3. The zero-order chi connectivity index (χ0) is 14.7. The molecule has 0 aromatic carbocycles. The lowest BCUT2D eigenvalue weighted by atomic mass is 10.2. The molecule has 0 radical (unpaired) electrons. The van der Waals surface area contributed by atoms with Crippen molar-refractivity contribution in [2.24, 2.45) is 7.05 Å². The van der Waals surface area contributed by atoms with E-state index in [0.717, 1.165) is 31.6 Å². The average molecular weight is 279 g/mol. The van der Waals surface area contributed by atoms with Crippen LogP contribution in [0.2, 0.25) is 0 Å². The monoisotopic (exact) mass is 279 g/mol. The molecular formula is C14H25N5O. The van der Waals surface area contributed by atoms with E-state index < -0.39 is 0 Å². The molecule has 0 aliphatic carbocycles. The Labute approximate surface area is 120 Å². The SMILES string of the molecule is CCc1nn(C)c(C(=O)NCC2CCCN2CC)c1N. The van der Waals surface area contributed by atoms with Crippen molar-refractivity contribution >= 4 is 11.6 Å². The second-order valence-corrected chi connectivity index (χ2v) is 5.32. The lowest BCUT2D eigenvalue weighted by molar-refractivity contribution is 0.0933. The van der Waals surface area contributed by atoms with Crippen molar-refractivity contribution in [1.82, 2.24) is 20.0 Å². The van der Waals surface area contributed by atoms with Gasteiger partial charge in [-0.25, -0.2) is 0 Å². The fourth-order valence-corrected chi connectivity index (χ4v) is 2.96. The van der Waals surface area contributed by atoms with Crippen LogP contribution < -0.4 is 11.1 Å². The van der Waals surface area contributed by atoms with Crippen LogP contribution in [0.15, 0.2) is 0 Å². The summed E-state index contributed by atoms with van der Waals surface area (Å²) in [5.74, 6) is -0.125. The molecule has 1 aromatic heterocycles. The Bertz CT molecular complexity index is 482. The van der Waals surface area contributed by atoms with Crippen molar-refractivity contribution in [3.8, 4) is 0 Å². The molecule has 112 valence electrons.